The standard InChI is InChI=1S/C12H17NO2/c1-4-15-12(14)8-7-11-6-5-9(2)13-10(11)3/h5-6H,4,7-8H2,1-3H3. The summed E-state index contributed by atoms with van der Waals surface area (Å²) < 4.78 is 4.87. The molecule has 0 fully saturated rings. The molecule has 0 radical (unpaired) electrons. The molecule has 0 bridgehead atoms. The van der Waals surface area contributed by atoms with Crippen LogP contribution >= 0.6 is 0 Å². The second kappa shape index (κ2) is 5.49. The summed E-state index contributed by atoms with van der Waals surface area (Å²) in [6, 6.07) is 3.99. The van der Waals surface area contributed by atoms with Gasteiger partial charge in [-0.15, -0.1) is 0 Å². The average molecular weight is 207 g/mol. The molecule has 1 aromatic heterocycles. The molecule has 0 saturated carbocycles. The lowest BCUT2D eigenvalue weighted by Gasteiger charge is -2.05. The number of nitrogens with zero attached hydrogens (tertiary/aromatic N) is 1. The number of hydrogen-bond acceptors (Lipinski definition) is 3. The van der Waals surface area contributed by atoms with Crippen molar-refractivity contribution >= 4 is 5.97 Å². The van der Waals surface area contributed by atoms with Crippen LogP contribution in [-0.2, 0) is 16.0 Å². The van der Waals surface area contributed by atoms with Crippen LogP contribution in [0.3, 0.4) is 0 Å². The monoisotopic (exact) mass is 207 g/mol. The van der Waals surface area contributed by atoms with Gasteiger partial charge >= 0.3 is 5.97 Å². The first-order valence-electron chi connectivity index (χ1n) is 5.22. The molecular formula is C12H17NO2. The van der Waals surface area contributed by atoms with E-state index in [0.717, 1.165) is 17.0 Å². The maximum Gasteiger partial charge on any atom is 0.306 e. The van der Waals surface area contributed by atoms with Crippen LogP contribution in [0.4, 0.5) is 0 Å². The predicted octanol–water partition coefficient (Wildman–Crippen LogP) is 2.19. The van der Waals surface area contributed by atoms with Crippen molar-refractivity contribution in [1.29, 1.82) is 0 Å². The molecule has 1 aromatic rings. The van der Waals surface area contributed by atoms with Gasteiger partial charge in [-0.25, -0.2) is 0 Å². The average Bonchev–Trinajstić information content (AvgIpc) is 2.17. The van der Waals surface area contributed by atoms with E-state index in [9.17, 15) is 4.79 Å². The predicted molar refractivity (Wildman–Crippen MR) is 58.7 cm³/mol. The highest BCUT2D eigenvalue weighted by molar-refractivity contribution is 5.69. The van der Waals surface area contributed by atoms with E-state index in [1.165, 1.54) is 0 Å². The van der Waals surface area contributed by atoms with E-state index in [1.807, 2.05) is 32.9 Å². The van der Waals surface area contributed by atoms with Crippen molar-refractivity contribution in [2.75, 3.05) is 6.61 Å². The highest BCUT2D eigenvalue weighted by atomic mass is 16.5. The maximum atomic E-state index is 11.2. The second-order valence-corrected chi connectivity index (χ2v) is 3.50. The van der Waals surface area contributed by atoms with Crippen LogP contribution in [0.15, 0.2) is 12.1 Å². The van der Waals surface area contributed by atoms with Gasteiger partial charge < -0.3 is 4.74 Å². The van der Waals surface area contributed by atoms with E-state index in [1.54, 1.807) is 0 Å². The minimum Gasteiger partial charge on any atom is -0.466 e. The number of rotatable bonds is 4. The number of aryl methyl sites for hydroxylation is 3. The third kappa shape index (κ3) is 3.70. The van der Waals surface area contributed by atoms with Crippen LogP contribution in [0.25, 0.3) is 0 Å². The Hall–Kier alpha value is -1.38. The van der Waals surface area contributed by atoms with E-state index >= 15 is 0 Å². The molecule has 0 aromatic carbocycles. The number of hydrogen-bond donors (Lipinski definition) is 0. The highest BCUT2D eigenvalue weighted by Crippen LogP contribution is 2.09. The van der Waals surface area contributed by atoms with Crippen molar-refractivity contribution in [3.63, 3.8) is 0 Å². The van der Waals surface area contributed by atoms with E-state index in [-0.39, 0.29) is 5.97 Å². The number of esters is 1. The van der Waals surface area contributed by atoms with Crippen molar-refractivity contribution in [3.8, 4) is 0 Å². The third-order valence-corrected chi connectivity index (χ3v) is 2.24. The van der Waals surface area contributed by atoms with Crippen molar-refractivity contribution in [1.82, 2.24) is 4.98 Å². The van der Waals surface area contributed by atoms with Gasteiger partial charge in [0, 0.05) is 17.8 Å². The van der Waals surface area contributed by atoms with Crippen LogP contribution in [0.5, 0.6) is 0 Å². The highest BCUT2D eigenvalue weighted by Gasteiger charge is 2.05. The molecular weight excluding hydrogens is 190 g/mol. The van der Waals surface area contributed by atoms with Crippen molar-refractivity contribution in [2.45, 2.75) is 33.6 Å². The SMILES string of the molecule is CCOC(=O)CCc1ccc(C)nc1C. The van der Waals surface area contributed by atoms with E-state index < -0.39 is 0 Å². The topological polar surface area (TPSA) is 39.2 Å². The molecule has 3 nitrogen and oxygen atoms in total. The van der Waals surface area contributed by atoms with Crippen molar-refractivity contribution in [2.24, 2.45) is 0 Å². The van der Waals surface area contributed by atoms with Crippen LogP contribution in [0.2, 0.25) is 0 Å². The Bertz CT molecular complexity index is 347. The lowest BCUT2D eigenvalue weighted by molar-refractivity contribution is -0.143. The normalized spacial score (nSPS) is 10.1. The van der Waals surface area contributed by atoms with Gasteiger partial charge in [0.2, 0.25) is 0 Å². The smallest absolute Gasteiger partial charge is 0.306 e. The molecule has 82 valence electrons. The van der Waals surface area contributed by atoms with Crippen molar-refractivity contribution < 1.29 is 9.53 Å². The summed E-state index contributed by atoms with van der Waals surface area (Å²) >= 11 is 0. The molecule has 0 aliphatic heterocycles. The van der Waals surface area contributed by atoms with Gasteiger partial charge in [-0.2, -0.15) is 0 Å². The second-order valence-electron chi connectivity index (χ2n) is 3.50. The van der Waals surface area contributed by atoms with E-state index in [0.29, 0.717) is 19.4 Å². The summed E-state index contributed by atoms with van der Waals surface area (Å²) in [5.74, 6) is -0.141. The zero-order valence-electron chi connectivity index (χ0n) is 9.54. The molecule has 0 aliphatic rings. The molecule has 1 heterocycles. The van der Waals surface area contributed by atoms with Gasteiger partial charge in [-0.05, 0) is 38.8 Å². The number of pyridine rings is 1. The Morgan fingerprint density at radius 2 is 2.13 bits per heavy atom. The Balaban J connectivity index is 2.54. The first-order chi connectivity index (χ1) is 7.13. The molecule has 0 saturated heterocycles. The summed E-state index contributed by atoms with van der Waals surface area (Å²) in [5.41, 5.74) is 3.13. The van der Waals surface area contributed by atoms with Gasteiger partial charge in [-0.1, -0.05) is 6.07 Å². The fourth-order valence-corrected chi connectivity index (χ4v) is 1.45. The minimum atomic E-state index is -0.141. The molecule has 0 aliphatic carbocycles. The summed E-state index contributed by atoms with van der Waals surface area (Å²) in [6.45, 7) is 6.19. The maximum absolute atomic E-state index is 11.2. The summed E-state index contributed by atoms with van der Waals surface area (Å²) in [7, 11) is 0. The molecule has 0 spiro atoms. The summed E-state index contributed by atoms with van der Waals surface area (Å²) in [5, 5.41) is 0. The van der Waals surface area contributed by atoms with Gasteiger partial charge in [0.05, 0.1) is 6.61 Å². The number of aromatic nitrogens is 1. The molecule has 1 rings (SSSR count). The van der Waals surface area contributed by atoms with Gasteiger partial charge in [0.25, 0.3) is 0 Å². The van der Waals surface area contributed by atoms with Crippen LogP contribution in [0.1, 0.15) is 30.3 Å². The van der Waals surface area contributed by atoms with Crippen molar-refractivity contribution in [3.05, 3.63) is 29.1 Å². The molecule has 3 heteroatoms. The van der Waals surface area contributed by atoms with Gasteiger partial charge in [0.1, 0.15) is 0 Å². The number of carbonyl (C=O) groups excluding carboxylic acids is 1. The molecule has 15 heavy (non-hydrogen) atoms. The Labute approximate surface area is 90.5 Å². The van der Waals surface area contributed by atoms with Gasteiger partial charge in [0.15, 0.2) is 0 Å². The lowest BCUT2D eigenvalue weighted by Crippen LogP contribution is -2.06. The van der Waals surface area contributed by atoms with E-state index in [2.05, 4.69) is 4.98 Å². The molecule has 0 atom stereocenters. The van der Waals surface area contributed by atoms with Crippen LogP contribution < -0.4 is 0 Å². The zero-order chi connectivity index (χ0) is 11.3. The zero-order valence-corrected chi connectivity index (χ0v) is 9.54. The number of carbonyl (C=O) groups is 1. The van der Waals surface area contributed by atoms with Crippen LogP contribution in [0, 0.1) is 13.8 Å². The first kappa shape index (κ1) is 11.7. The largest absolute Gasteiger partial charge is 0.466 e. The quantitative estimate of drug-likeness (QED) is 0.710. The summed E-state index contributed by atoms with van der Waals surface area (Å²) in [6.07, 6.45) is 1.14. The molecule has 0 N–H and O–H groups in total. The lowest BCUT2D eigenvalue weighted by atomic mass is 10.1. The third-order valence-electron chi connectivity index (χ3n) is 2.24. The Morgan fingerprint density at radius 1 is 1.40 bits per heavy atom. The van der Waals surface area contributed by atoms with E-state index in [4.69, 9.17) is 4.74 Å². The molecule has 0 unspecified atom stereocenters. The fourth-order valence-electron chi connectivity index (χ4n) is 1.45. The Kier molecular flexibility index (Phi) is 4.28. The first-order valence-corrected chi connectivity index (χ1v) is 5.22. The fraction of sp³-hybridized carbons (Fsp3) is 0.500. The van der Waals surface area contributed by atoms with Crippen LogP contribution in [-0.4, -0.2) is 17.6 Å². The minimum absolute atomic E-state index is 0.141. The summed E-state index contributed by atoms with van der Waals surface area (Å²) in [4.78, 5) is 15.5. The number of ether oxygens (including phenoxy) is 1. The Morgan fingerprint density at radius 3 is 2.73 bits per heavy atom. The molecule has 0 amide bonds. The van der Waals surface area contributed by atoms with Gasteiger partial charge in [-0.3, -0.25) is 9.78 Å².